The Balaban J connectivity index is 1.80. The molecule has 2 aliphatic rings. The quantitative estimate of drug-likeness (QED) is 0.288. The molecule has 9 nitrogen and oxygen atoms in total. The number of nitrogens with zero attached hydrogens (tertiary/aromatic N) is 1. The van der Waals surface area contributed by atoms with E-state index in [4.69, 9.17) is 18.9 Å². The Hall–Kier alpha value is -4.40. The van der Waals surface area contributed by atoms with E-state index >= 15 is 0 Å². The fourth-order valence-corrected chi connectivity index (χ4v) is 5.04. The number of benzene rings is 3. The number of ketones is 2. The molecule has 0 N–H and O–H groups in total. The van der Waals surface area contributed by atoms with E-state index in [9.17, 15) is 19.7 Å². The van der Waals surface area contributed by atoms with Crippen LogP contribution in [-0.4, -0.2) is 44.0 Å². The molecule has 5 rings (SSSR count). The summed E-state index contributed by atoms with van der Waals surface area (Å²) in [7, 11) is 2.91. The molecule has 0 fully saturated rings. The number of carbonyl (C=O) groups excluding carboxylic acids is 2. The van der Waals surface area contributed by atoms with E-state index < -0.39 is 34.4 Å². The van der Waals surface area contributed by atoms with Crippen LogP contribution in [0.1, 0.15) is 37.8 Å². The molecule has 0 amide bonds. The minimum Gasteiger partial charge on any atom is -0.493 e. The molecule has 1 aliphatic carbocycles. The van der Waals surface area contributed by atoms with Gasteiger partial charge in [-0.25, -0.2) is 0 Å². The summed E-state index contributed by atoms with van der Waals surface area (Å²) in [5.74, 6) is -0.570. The van der Waals surface area contributed by atoms with E-state index in [0.29, 0.717) is 28.6 Å². The monoisotopic (exact) mass is 475 g/mol. The first-order valence-electron chi connectivity index (χ1n) is 10.8. The third-order valence-electron chi connectivity index (χ3n) is 6.62. The summed E-state index contributed by atoms with van der Waals surface area (Å²) in [5, 5.41) is 11.9. The number of fused-ring (bicyclic) bond motifs is 2. The van der Waals surface area contributed by atoms with Gasteiger partial charge in [-0.2, -0.15) is 0 Å². The number of carbonyl (C=O) groups is 2. The van der Waals surface area contributed by atoms with Gasteiger partial charge < -0.3 is 18.9 Å². The predicted octanol–water partition coefficient (Wildman–Crippen LogP) is 3.81. The molecule has 35 heavy (non-hydrogen) atoms. The molecule has 0 saturated carbocycles. The standard InChI is InChI=1S/C26H21NO8/c1-32-20-10-8-16(12-22(20)33-2)26(24(28)17-5-3-4-6-18(17)25(26)29)19(13-27(30)31)15-7-9-21-23(11-15)35-14-34-21/h3-12,19H,13-14H2,1-2H3/t19-/m0/s1. The van der Waals surface area contributed by atoms with Crippen molar-refractivity contribution >= 4 is 11.6 Å². The summed E-state index contributed by atoms with van der Waals surface area (Å²) in [5.41, 5.74) is -0.756. The van der Waals surface area contributed by atoms with Crippen molar-refractivity contribution in [3.8, 4) is 23.0 Å². The maximum Gasteiger partial charge on any atom is 0.231 e. The van der Waals surface area contributed by atoms with Crippen molar-refractivity contribution in [2.24, 2.45) is 0 Å². The van der Waals surface area contributed by atoms with Crippen molar-refractivity contribution in [2.45, 2.75) is 11.3 Å². The van der Waals surface area contributed by atoms with Gasteiger partial charge >= 0.3 is 0 Å². The van der Waals surface area contributed by atoms with Crippen LogP contribution >= 0.6 is 0 Å². The molecule has 1 atom stereocenters. The van der Waals surface area contributed by atoms with E-state index in [1.54, 1.807) is 60.7 Å². The summed E-state index contributed by atoms with van der Waals surface area (Å²) in [6.07, 6.45) is 0. The van der Waals surface area contributed by atoms with Crippen LogP contribution in [-0.2, 0) is 5.41 Å². The highest BCUT2D eigenvalue weighted by molar-refractivity contribution is 6.33. The Kier molecular flexibility index (Phi) is 5.39. The van der Waals surface area contributed by atoms with Crippen LogP contribution in [0.2, 0.25) is 0 Å². The van der Waals surface area contributed by atoms with Gasteiger partial charge in [0.2, 0.25) is 13.3 Å². The zero-order valence-corrected chi connectivity index (χ0v) is 19.0. The minimum atomic E-state index is -1.90. The summed E-state index contributed by atoms with van der Waals surface area (Å²) >= 11 is 0. The third kappa shape index (κ3) is 3.30. The molecular formula is C26H21NO8. The van der Waals surface area contributed by atoms with Gasteiger partial charge in [0.1, 0.15) is 5.41 Å². The number of rotatable bonds is 7. The number of nitro groups is 1. The highest BCUT2D eigenvalue weighted by Gasteiger charge is 2.60. The molecular weight excluding hydrogens is 454 g/mol. The average molecular weight is 475 g/mol. The van der Waals surface area contributed by atoms with E-state index in [2.05, 4.69) is 0 Å². The molecule has 0 unspecified atom stereocenters. The van der Waals surface area contributed by atoms with E-state index in [1.807, 2.05) is 0 Å². The van der Waals surface area contributed by atoms with Gasteiger partial charge in [0, 0.05) is 16.1 Å². The van der Waals surface area contributed by atoms with Crippen molar-refractivity contribution in [2.75, 3.05) is 27.6 Å². The van der Waals surface area contributed by atoms with Crippen molar-refractivity contribution < 1.29 is 33.5 Å². The first kappa shape index (κ1) is 22.4. The molecule has 9 heteroatoms. The van der Waals surface area contributed by atoms with Crippen molar-refractivity contribution in [3.05, 3.63) is 93.0 Å². The van der Waals surface area contributed by atoms with Crippen LogP contribution in [0.4, 0.5) is 0 Å². The van der Waals surface area contributed by atoms with E-state index in [1.165, 1.54) is 14.2 Å². The number of methoxy groups -OCH3 is 2. The Morgan fingerprint density at radius 1 is 0.914 bits per heavy atom. The third-order valence-corrected chi connectivity index (χ3v) is 6.62. The Morgan fingerprint density at radius 3 is 2.20 bits per heavy atom. The topological polar surface area (TPSA) is 114 Å². The highest BCUT2D eigenvalue weighted by atomic mass is 16.7. The second-order valence-electron chi connectivity index (χ2n) is 8.26. The Morgan fingerprint density at radius 2 is 1.57 bits per heavy atom. The van der Waals surface area contributed by atoms with Crippen LogP contribution < -0.4 is 18.9 Å². The molecule has 3 aromatic carbocycles. The summed E-state index contributed by atoms with van der Waals surface area (Å²) in [4.78, 5) is 39.7. The Labute approximate surface area is 200 Å². The second kappa shape index (κ2) is 8.43. The first-order chi connectivity index (χ1) is 16.9. The molecule has 0 bridgehead atoms. The first-order valence-corrected chi connectivity index (χ1v) is 10.8. The van der Waals surface area contributed by atoms with Gasteiger partial charge in [-0.1, -0.05) is 36.4 Å². The second-order valence-corrected chi connectivity index (χ2v) is 8.26. The van der Waals surface area contributed by atoms with Crippen LogP contribution in [0.5, 0.6) is 23.0 Å². The van der Waals surface area contributed by atoms with Crippen LogP contribution in [0.3, 0.4) is 0 Å². The average Bonchev–Trinajstić information content (AvgIpc) is 3.43. The van der Waals surface area contributed by atoms with Gasteiger partial charge in [0.25, 0.3) is 0 Å². The molecule has 178 valence electrons. The van der Waals surface area contributed by atoms with Crippen LogP contribution in [0, 0.1) is 10.1 Å². The molecule has 0 saturated heterocycles. The maximum absolute atomic E-state index is 14.1. The fraction of sp³-hybridized carbons (Fsp3) is 0.231. The van der Waals surface area contributed by atoms with Crippen molar-refractivity contribution in [3.63, 3.8) is 0 Å². The summed E-state index contributed by atoms with van der Waals surface area (Å²) in [6.45, 7) is -0.651. The predicted molar refractivity (Wildman–Crippen MR) is 123 cm³/mol. The lowest BCUT2D eigenvalue weighted by atomic mass is 9.64. The smallest absolute Gasteiger partial charge is 0.231 e. The fourth-order valence-electron chi connectivity index (χ4n) is 5.04. The van der Waals surface area contributed by atoms with Gasteiger partial charge in [-0.3, -0.25) is 19.7 Å². The number of Topliss-reactive ketones (excluding diaryl/α,β-unsaturated/α-hetero) is 2. The summed E-state index contributed by atoms with van der Waals surface area (Å²) < 4.78 is 21.6. The van der Waals surface area contributed by atoms with Crippen LogP contribution in [0.15, 0.2) is 60.7 Å². The number of hydrogen-bond donors (Lipinski definition) is 0. The number of hydrogen-bond acceptors (Lipinski definition) is 8. The van der Waals surface area contributed by atoms with Crippen molar-refractivity contribution in [1.29, 1.82) is 0 Å². The van der Waals surface area contributed by atoms with Gasteiger partial charge in [-0.15, -0.1) is 0 Å². The van der Waals surface area contributed by atoms with Gasteiger partial charge in [0.15, 0.2) is 34.6 Å². The van der Waals surface area contributed by atoms with E-state index in [-0.39, 0.29) is 23.5 Å². The molecule has 3 aromatic rings. The lowest BCUT2D eigenvalue weighted by Gasteiger charge is -2.33. The lowest BCUT2D eigenvalue weighted by Crippen LogP contribution is -2.46. The number of ether oxygens (including phenoxy) is 4. The Bertz CT molecular complexity index is 1330. The van der Waals surface area contributed by atoms with Crippen molar-refractivity contribution in [1.82, 2.24) is 0 Å². The molecule has 1 heterocycles. The van der Waals surface area contributed by atoms with Gasteiger partial charge in [0.05, 0.1) is 20.1 Å². The molecule has 0 aromatic heterocycles. The van der Waals surface area contributed by atoms with Gasteiger partial charge in [-0.05, 0) is 35.4 Å². The summed E-state index contributed by atoms with van der Waals surface area (Å²) in [6, 6.07) is 16.0. The molecule has 0 radical (unpaired) electrons. The largest absolute Gasteiger partial charge is 0.493 e. The van der Waals surface area contributed by atoms with Crippen LogP contribution in [0.25, 0.3) is 0 Å². The molecule has 1 aliphatic heterocycles. The SMILES string of the molecule is COc1ccc(C2([C@@H](C[N+](=O)[O-])c3ccc4c(c3)OCO4)C(=O)c3ccccc3C2=O)cc1OC. The zero-order valence-electron chi connectivity index (χ0n) is 19.0. The highest BCUT2D eigenvalue weighted by Crippen LogP contribution is 2.51. The zero-order chi connectivity index (χ0) is 24.7. The minimum absolute atomic E-state index is 0.0167. The lowest BCUT2D eigenvalue weighted by molar-refractivity contribution is -0.484. The normalized spacial score (nSPS) is 16.1. The molecule has 0 spiro atoms. The van der Waals surface area contributed by atoms with E-state index in [0.717, 1.165) is 0 Å². The maximum atomic E-state index is 14.1.